The number of ether oxygens (including phenoxy) is 2. The highest BCUT2D eigenvalue weighted by Crippen LogP contribution is 2.37. The monoisotopic (exact) mass is 460 g/mol. The molecule has 0 aliphatic carbocycles. The van der Waals surface area contributed by atoms with E-state index in [0.717, 1.165) is 30.8 Å². The Morgan fingerprint density at radius 1 is 1.14 bits per heavy atom. The summed E-state index contributed by atoms with van der Waals surface area (Å²) in [6.07, 6.45) is 2.57. The van der Waals surface area contributed by atoms with Gasteiger partial charge >= 0.3 is 0 Å². The van der Waals surface area contributed by atoms with Gasteiger partial charge in [-0.15, -0.1) is 24.8 Å². The van der Waals surface area contributed by atoms with Crippen LogP contribution < -0.4 is 14.8 Å². The van der Waals surface area contributed by atoms with Gasteiger partial charge in [0.1, 0.15) is 6.61 Å². The minimum atomic E-state index is 0. The average molecular weight is 462 g/mol. The molecule has 29 heavy (non-hydrogen) atoms. The summed E-state index contributed by atoms with van der Waals surface area (Å²) >= 11 is 6.49. The molecule has 2 aromatic rings. The Morgan fingerprint density at radius 3 is 2.59 bits per heavy atom. The van der Waals surface area contributed by atoms with E-state index in [9.17, 15) is 0 Å². The summed E-state index contributed by atoms with van der Waals surface area (Å²) in [5.41, 5.74) is 2.20. The van der Waals surface area contributed by atoms with Gasteiger partial charge in [0.05, 0.1) is 12.1 Å². The quantitative estimate of drug-likeness (QED) is 0.546. The summed E-state index contributed by atoms with van der Waals surface area (Å²) in [5.74, 6) is 1.27. The number of nitrogens with one attached hydrogen (secondary N) is 1. The number of benzene rings is 2. The largest absolute Gasteiger partial charge is 0.493 e. The predicted octanol–water partition coefficient (Wildman–Crippen LogP) is 5.35. The standard InChI is InChI=1S/C22H29ClN2O2.2ClH/c1-3-25-11-7-10-19(25)15-24-14-18-12-20(23)22(21(13-18)26-2)27-16-17-8-5-4-6-9-17;;/h4-6,8-9,12-13,19,24H,3,7,10-11,14-16H2,1-2H3;2*1H. The van der Waals surface area contributed by atoms with Crippen molar-refractivity contribution in [2.75, 3.05) is 26.7 Å². The van der Waals surface area contributed by atoms with Crippen LogP contribution in [0.5, 0.6) is 11.5 Å². The van der Waals surface area contributed by atoms with Crippen LogP contribution in [-0.4, -0.2) is 37.7 Å². The van der Waals surface area contributed by atoms with E-state index in [1.165, 1.54) is 19.4 Å². The van der Waals surface area contributed by atoms with E-state index in [1.807, 2.05) is 42.5 Å². The lowest BCUT2D eigenvalue weighted by Crippen LogP contribution is -2.37. The molecule has 1 heterocycles. The molecule has 0 amide bonds. The smallest absolute Gasteiger partial charge is 0.180 e. The molecule has 7 heteroatoms. The lowest BCUT2D eigenvalue weighted by molar-refractivity contribution is 0.260. The van der Waals surface area contributed by atoms with Crippen LogP contribution in [0.25, 0.3) is 0 Å². The van der Waals surface area contributed by atoms with E-state index in [-0.39, 0.29) is 24.8 Å². The van der Waals surface area contributed by atoms with Crippen molar-refractivity contribution >= 4 is 36.4 Å². The van der Waals surface area contributed by atoms with Gasteiger partial charge in [-0.3, -0.25) is 4.90 Å². The summed E-state index contributed by atoms with van der Waals surface area (Å²) < 4.78 is 11.5. The maximum atomic E-state index is 6.49. The van der Waals surface area contributed by atoms with Gasteiger partial charge in [-0.1, -0.05) is 48.9 Å². The van der Waals surface area contributed by atoms with E-state index in [4.69, 9.17) is 21.1 Å². The van der Waals surface area contributed by atoms with Gasteiger partial charge in [0, 0.05) is 19.1 Å². The molecule has 2 aromatic carbocycles. The molecule has 4 nitrogen and oxygen atoms in total. The van der Waals surface area contributed by atoms with Crippen molar-refractivity contribution in [2.24, 2.45) is 0 Å². The number of halogens is 3. The third kappa shape index (κ3) is 7.23. The van der Waals surface area contributed by atoms with E-state index in [2.05, 4.69) is 17.1 Å². The number of hydrogen-bond acceptors (Lipinski definition) is 4. The molecule has 0 aromatic heterocycles. The molecule has 0 saturated carbocycles. The van der Waals surface area contributed by atoms with Crippen molar-refractivity contribution in [1.82, 2.24) is 10.2 Å². The van der Waals surface area contributed by atoms with Gasteiger partial charge in [-0.2, -0.15) is 0 Å². The second-order valence-corrected chi connectivity index (χ2v) is 7.35. The first-order valence-corrected chi connectivity index (χ1v) is 10.1. The zero-order valence-electron chi connectivity index (χ0n) is 17.0. The van der Waals surface area contributed by atoms with Crippen LogP contribution in [0.1, 0.15) is 30.9 Å². The summed E-state index contributed by atoms with van der Waals surface area (Å²) in [7, 11) is 1.65. The zero-order chi connectivity index (χ0) is 19.1. The molecule has 0 bridgehead atoms. The molecule has 1 unspecified atom stereocenters. The molecular weight excluding hydrogens is 431 g/mol. The molecule has 1 aliphatic heterocycles. The van der Waals surface area contributed by atoms with Crippen molar-refractivity contribution < 1.29 is 9.47 Å². The molecule has 0 spiro atoms. The van der Waals surface area contributed by atoms with Crippen LogP contribution in [0.2, 0.25) is 5.02 Å². The second kappa shape index (κ2) is 13.2. The predicted molar refractivity (Wildman–Crippen MR) is 125 cm³/mol. The molecule has 3 rings (SSSR count). The van der Waals surface area contributed by atoms with Crippen molar-refractivity contribution in [3.8, 4) is 11.5 Å². The number of rotatable bonds is 9. The number of nitrogens with zero attached hydrogens (tertiary/aromatic N) is 1. The first-order valence-electron chi connectivity index (χ1n) is 9.69. The lowest BCUT2D eigenvalue weighted by atomic mass is 10.1. The number of methoxy groups -OCH3 is 1. The number of likely N-dealkylation sites (tertiary alicyclic amines) is 1. The van der Waals surface area contributed by atoms with Crippen molar-refractivity contribution in [1.29, 1.82) is 0 Å². The highest BCUT2D eigenvalue weighted by atomic mass is 35.5. The van der Waals surface area contributed by atoms with Gasteiger partial charge in [0.25, 0.3) is 0 Å². The van der Waals surface area contributed by atoms with Crippen LogP contribution in [0.15, 0.2) is 42.5 Å². The third-order valence-corrected chi connectivity index (χ3v) is 5.41. The van der Waals surface area contributed by atoms with Crippen LogP contribution in [0.4, 0.5) is 0 Å². The molecule has 1 atom stereocenters. The third-order valence-electron chi connectivity index (χ3n) is 5.13. The Kier molecular flexibility index (Phi) is 11.8. The van der Waals surface area contributed by atoms with E-state index >= 15 is 0 Å². The van der Waals surface area contributed by atoms with Crippen molar-refractivity contribution in [3.05, 3.63) is 58.6 Å². The van der Waals surface area contributed by atoms with Gasteiger partial charge in [-0.05, 0) is 49.2 Å². The zero-order valence-corrected chi connectivity index (χ0v) is 19.4. The number of hydrogen-bond donors (Lipinski definition) is 1. The first kappa shape index (κ1) is 25.9. The maximum absolute atomic E-state index is 6.49. The molecule has 1 fully saturated rings. The summed E-state index contributed by atoms with van der Waals surface area (Å²) in [6.45, 7) is 6.80. The van der Waals surface area contributed by atoms with Gasteiger partial charge < -0.3 is 14.8 Å². The fourth-order valence-corrected chi connectivity index (χ4v) is 3.96. The van der Waals surface area contributed by atoms with Gasteiger partial charge in [0.2, 0.25) is 0 Å². The topological polar surface area (TPSA) is 33.7 Å². The highest BCUT2D eigenvalue weighted by molar-refractivity contribution is 6.32. The summed E-state index contributed by atoms with van der Waals surface area (Å²) in [4.78, 5) is 2.54. The maximum Gasteiger partial charge on any atom is 0.180 e. The van der Waals surface area contributed by atoms with Crippen LogP contribution in [0.3, 0.4) is 0 Å². The average Bonchev–Trinajstić information content (AvgIpc) is 3.15. The molecule has 1 saturated heterocycles. The first-order chi connectivity index (χ1) is 13.2. The van der Waals surface area contributed by atoms with Crippen LogP contribution >= 0.6 is 36.4 Å². The molecule has 1 N–H and O–H groups in total. The SMILES string of the molecule is CCN1CCCC1CNCc1cc(Cl)c(OCc2ccccc2)c(OC)c1.Cl.Cl. The van der Waals surface area contributed by atoms with Gasteiger partial charge in [0.15, 0.2) is 11.5 Å². The minimum Gasteiger partial charge on any atom is -0.493 e. The Hall–Kier alpha value is -1.17. The lowest BCUT2D eigenvalue weighted by Gasteiger charge is -2.23. The molecule has 1 aliphatic rings. The van der Waals surface area contributed by atoms with E-state index in [0.29, 0.717) is 29.2 Å². The molecule has 0 radical (unpaired) electrons. The fraction of sp³-hybridized carbons (Fsp3) is 0.455. The second-order valence-electron chi connectivity index (χ2n) is 6.94. The fourth-order valence-electron chi connectivity index (χ4n) is 3.67. The highest BCUT2D eigenvalue weighted by Gasteiger charge is 2.22. The Balaban J connectivity index is 0.00000210. The van der Waals surface area contributed by atoms with Crippen molar-refractivity contribution in [2.45, 2.75) is 39.0 Å². The normalized spacial score (nSPS) is 16.0. The number of likely N-dealkylation sites (N-methyl/N-ethyl adjacent to an activating group) is 1. The Labute approximate surface area is 191 Å². The molecule has 162 valence electrons. The Morgan fingerprint density at radius 2 is 1.90 bits per heavy atom. The summed E-state index contributed by atoms with van der Waals surface area (Å²) in [5, 5.41) is 4.15. The van der Waals surface area contributed by atoms with E-state index < -0.39 is 0 Å². The van der Waals surface area contributed by atoms with Gasteiger partial charge in [-0.25, -0.2) is 0 Å². The van der Waals surface area contributed by atoms with Crippen LogP contribution in [-0.2, 0) is 13.2 Å². The van der Waals surface area contributed by atoms with E-state index in [1.54, 1.807) is 7.11 Å². The summed E-state index contributed by atoms with van der Waals surface area (Å²) in [6, 6.07) is 14.6. The Bertz CT molecular complexity index is 731. The minimum absolute atomic E-state index is 0. The molecular formula is C22H31Cl3N2O2. The van der Waals surface area contributed by atoms with Crippen molar-refractivity contribution in [3.63, 3.8) is 0 Å². The van der Waals surface area contributed by atoms with Crippen LogP contribution in [0, 0.1) is 0 Å².